The van der Waals surface area contributed by atoms with Crippen molar-refractivity contribution in [2.45, 2.75) is 0 Å². The van der Waals surface area contributed by atoms with Crippen molar-refractivity contribution in [2.75, 3.05) is 0 Å². The number of hydrogen-bond acceptors (Lipinski definition) is 2. The number of nitriles is 1. The molecule has 0 aliphatic carbocycles. The molecule has 0 fully saturated rings. The third-order valence-electron chi connectivity index (χ3n) is 2.25. The summed E-state index contributed by atoms with van der Waals surface area (Å²) in [6.07, 6.45) is 1.71. The Morgan fingerprint density at radius 1 is 1.06 bits per heavy atom. The van der Waals surface area contributed by atoms with E-state index in [1.165, 1.54) is 0 Å². The summed E-state index contributed by atoms with van der Waals surface area (Å²) in [5, 5.41) is 9.34. The fraction of sp³-hybridized carbons (Fsp3) is 0. The van der Waals surface area contributed by atoms with Gasteiger partial charge in [-0.1, -0.05) is 29.8 Å². The molecule has 2 nitrogen and oxygen atoms in total. The Labute approximate surface area is 105 Å². The van der Waals surface area contributed by atoms with Gasteiger partial charge in [-0.25, -0.2) is 0 Å². The van der Waals surface area contributed by atoms with Gasteiger partial charge in [-0.15, -0.1) is 0 Å². The molecule has 2 rings (SSSR count). The van der Waals surface area contributed by atoms with E-state index >= 15 is 0 Å². The molecule has 82 valence electrons. The van der Waals surface area contributed by atoms with Crippen LogP contribution in [0, 0.1) is 11.3 Å². The van der Waals surface area contributed by atoms with Gasteiger partial charge in [0.25, 0.3) is 0 Å². The molecular weight excluding hydrogens is 232 g/mol. The van der Waals surface area contributed by atoms with Crippen molar-refractivity contribution >= 4 is 23.5 Å². The van der Waals surface area contributed by atoms with E-state index in [4.69, 9.17) is 16.9 Å². The zero-order valence-electron chi connectivity index (χ0n) is 8.97. The lowest BCUT2D eigenvalue weighted by molar-refractivity contribution is 1.46. The van der Waals surface area contributed by atoms with Gasteiger partial charge in [0.15, 0.2) is 0 Å². The molecule has 2 aromatic carbocycles. The van der Waals surface area contributed by atoms with Crippen molar-refractivity contribution < 1.29 is 0 Å². The van der Waals surface area contributed by atoms with Crippen molar-refractivity contribution in [3.8, 4) is 6.07 Å². The largest absolute Gasteiger partial charge is 0.256 e. The zero-order chi connectivity index (χ0) is 12.1. The molecule has 0 saturated heterocycles. The van der Waals surface area contributed by atoms with Crippen LogP contribution in [0.1, 0.15) is 11.1 Å². The second kappa shape index (κ2) is 5.29. The first-order chi connectivity index (χ1) is 8.29. The smallest absolute Gasteiger partial charge is 0.0991 e. The molecule has 0 N–H and O–H groups in total. The third-order valence-corrected chi connectivity index (χ3v) is 2.60. The molecule has 0 heterocycles. The van der Waals surface area contributed by atoms with Crippen LogP contribution in [-0.4, -0.2) is 6.21 Å². The van der Waals surface area contributed by atoms with Crippen LogP contribution in [0.15, 0.2) is 53.5 Å². The fourth-order valence-corrected chi connectivity index (χ4v) is 1.53. The van der Waals surface area contributed by atoms with Crippen LogP contribution in [-0.2, 0) is 0 Å². The molecule has 17 heavy (non-hydrogen) atoms. The number of aliphatic imine (C=N–C) groups is 1. The summed E-state index contributed by atoms with van der Waals surface area (Å²) in [4.78, 5) is 4.29. The number of nitrogens with zero attached hydrogens (tertiary/aromatic N) is 2. The lowest BCUT2D eigenvalue weighted by atomic mass is 10.2. The van der Waals surface area contributed by atoms with Crippen LogP contribution in [0.25, 0.3) is 0 Å². The molecule has 2 aromatic rings. The molecule has 0 aliphatic heterocycles. The van der Waals surface area contributed by atoms with E-state index in [2.05, 4.69) is 11.1 Å². The first-order valence-corrected chi connectivity index (χ1v) is 5.46. The maximum atomic E-state index is 8.67. The lowest BCUT2D eigenvalue weighted by Crippen LogP contribution is -1.81. The monoisotopic (exact) mass is 240 g/mol. The highest BCUT2D eigenvalue weighted by Crippen LogP contribution is 2.16. The van der Waals surface area contributed by atoms with Crippen molar-refractivity contribution in [1.29, 1.82) is 5.26 Å². The van der Waals surface area contributed by atoms with E-state index in [1.807, 2.05) is 24.3 Å². The van der Waals surface area contributed by atoms with Gasteiger partial charge in [0, 0.05) is 16.8 Å². The second-order valence-electron chi connectivity index (χ2n) is 3.44. The first kappa shape index (κ1) is 11.4. The minimum atomic E-state index is 0.627. The number of halogens is 1. The van der Waals surface area contributed by atoms with E-state index < -0.39 is 0 Å². The Kier molecular flexibility index (Phi) is 3.54. The number of hydrogen-bond donors (Lipinski definition) is 0. The molecule has 0 unspecified atom stereocenters. The molecule has 0 aromatic heterocycles. The summed E-state index contributed by atoms with van der Waals surface area (Å²) < 4.78 is 0. The van der Waals surface area contributed by atoms with E-state index in [0.29, 0.717) is 10.6 Å². The van der Waals surface area contributed by atoms with E-state index in [9.17, 15) is 0 Å². The average molecular weight is 241 g/mol. The van der Waals surface area contributed by atoms with Crippen molar-refractivity contribution in [3.63, 3.8) is 0 Å². The van der Waals surface area contributed by atoms with Crippen LogP contribution in [0.2, 0.25) is 5.02 Å². The third kappa shape index (κ3) is 2.93. The summed E-state index contributed by atoms with van der Waals surface area (Å²) in [5.74, 6) is 0. The second-order valence-corrected chi connectivity index (χ2v) is 3.85. The van der Waals surface area contributed by atoms with Gasteiger partial charge in [0.1, 0.15) is 0 Å². The maximum absolute atomic E-state index is 8.67. The van der Waals surface area contributed by atoms with Gasteiger partial charge in [0.05, 0.1) is 17.3 Å². The summed E-state index contributed by atoms with van der Waals surface area (Å²) in [6, 6.07) is 16.6. The Bertz CT molecular complexity index is 580. The summed E-state index contributed by atoms with van der Waals surface area (Å²) in [5.41, 5.74) is 2.30. The van der Waals surface area contributed by atoms with E-state index in [1.54, 1.807) is 30.5 Å². The standard InChI is InChI=1S/C14H9ClN2/c15-14-4-2-1-3-12(14)10-17-13-7-5-11(9-16)6-8-13/h1-8,10H. The molecule has 0 spiro atoms. The normalized spacial score (nSPS) is 10.4. The average Bonchev–Trinajstić information content (AvgIpc) is 2.38. The summed E-state index contributed by atoms with van der Waals surface area (Å²) in [7, 11) is 0. The summed E-state index contributed by atoms with van der Waals surface area (Å²) in [6.45, 7) is 0. The lowest BCUT2D eigenvalue weighted by Gasteiger charge is -1.96. The maximum Gasteiger partial charge on any atom is 0.0991 e. The highest BCUT2D eigenvalue weighted by Gasteiger charge is 1.95. The molecule has 0 saturated carbocycles. The topological polar surface area (TPSA) is 36.1 Å². The van der Waals surface area contributed by atoms with Gasteiger partial charge in [-0.2, -0.15) is 5.26 Å². The highest BCUT2D eigenvalue weighted by atomic mass is 35.5. The molecule has 3 heteroatoms. The van der Waals surface area contributed by atoms with Gasteiger partial charge in [-0.05, 0) is 30.3 Å². The van der Waals surface area contributed by atoms with Crippen molar-refractivity contribution in [3.05, 3.63) is 64.7 Å². The fourth-order valence-electron chi connectivity index (χ4n) is 1.35. The number of benzene rings is 2. The Balaban J connectivity index is 2.21. The zero-order valence-corrected chi connectivity index (χ0v) is 9.72. The van der Waals surface area contributed by atoms with Crippen LogP contribution in [0.3, 0.4) is 0 Å². The minimum absolute atomic E-state index is 0.627. The Hall–Kier alpha value is -2.11. The predicted molar refractivity (Wildman–Crippen MR) is 69.9 cm³/mol. The van der Waals surface area contributed by atoms with Crippen LogP contribution < -0.4 is 0 Å². The van der Waals surface area contributed by atoms with Gasteiger partial charge in [0.2, 0.25) is 0 Å². The Morgan fingerprint density at radius 3 is 2.41 bits per heavy atom. The quantitative estimate of drug-likeness (QED) is 0.732. The molecule has 0 atom stereocenters. The predicted octanol–water partition coefficient (Wildman–Crippen LogP) is 3.96. The molecule has 0 aliphatic rings. The molecule has 0 radical (unpaired) electrons. The van der Waals surface area contributed by atoms with Crippen molar-refractivity contribution in [2.24, 2.45) is 4.99 Å². The number of rotatable bonds is 2. The molecule has 0 bridgehead atoms. The van der Waals surface area contributed by atoms with Crippen molar-refractivity contribution in [1.82, 2.24) is 0 Å². The SMILES string of the molecule is N#Cc1ccc(N=Cc2ccccc2Cl)cc1. The summed E-state index contributed by atoms with van der Waals surface area (Å²) >= 11 is 6.00. The van der Waals surface area contributed by atoms with E-state index in [0.717, 1.165) is 11.3 Å². The van der Waals surface area contributed by atoms with Crippen LogP contribution in [0.5, 0.6) is 0 Å². The van der Waals surface area contributed by atoms with Gasteiger partial charge < -0.3 is 0 Å². The van der Waals surface area contributed by atoms with Gasteiger partial charge in [-0.3, -0.25) is 4.99 Å². The first-order valence-electron chi connectivity index (χ1n) is 5.08. The molecular formula is C14H9ClN2. The minimum Gasteiger partial charge on any atom is -0.256 e. The van der Waals surface area contributed by atoms with Crippen LogP contribution in [0.4, 0.5) is 5.69 Å². The molecule has 0 amide bonds. The van der Waals surface area contributed by atoms with E-state index in [-0.39, 0.29) is 0 Å². The Morgan fingerprint density at radius 2 is 1.76 bits per heavy atom. The van der Waals surface area contributed by atoms with Gasteiger partial charge >= 0.3 is 0 Å². The highest BCUT2D eigenvalue weighted by molar-refractivity contribution is 6.33. The van der Waals surface area contributed by atoms with Crippen LogP contribution >= 0.6 is 11.6 Å².